The van der Waals surface area contributed by atoms with E-state index in [1.165, 1.54) is 0 Å². The average molecular weight is 504 g/mol. The van der Waals surface area contributed by atoms with Gasteiger partial charge in [0.2, 0.25) is 11.8 Å². The lowest BCUT2D eigenvalue weighted by Crippen LogP contribution is -1.97. The molecule has 4 aromatic carbocycles. The summed E-state index contributed by atoms with van der Waals surface area (Å²) in [6.45, 7) is 0. The van der Waals surface area contributed by atoms with Gasteiger partial charge in [0.1, 0.15) is 11.2 Å². The molecule has 0 bridgehead atoms. The second-order valence-corrected chi connectivity index (χ2v) is 9.47. The van der Waals surface area contributed by atoms with Gasteiger partial charge in [0.15, 0.2) is 5.65 Å². The lowest BCUT2D eigenvalue weighted by Gasteiger charge is -2.09. The minimum atomic E-state index is 0.500. The molecule has 0 saturated carbocycles. The maximum atomic E-state index is 5.94. The molecule has 0 aliphatic heterocycles. The molecule has 0 saturated heterocycles. The van der Waals surface area contributed by atoms with Crippen LogP contribution in [0, 0.1) is 0 Å². The van der Waals surface area contributed by atoms with Crippen LogP contribution in [-0.2, 0) is 0 Å². The van der Waals surface area contributed by atoms with Crippen LogP contribution in [0.3, 0.4) is 0 Å². The minimum Gasteiger partial charge on any atom is -0.416 e. The highest BCUT2D eigenvalue weighted by Gasteiger charge is 2.18. The van der Waals surface area contributed by atoms with Crippen molar-refractivity contribution in [2.45, 2.75) is 0 Å². The maximum Gasteiger partial charge on any atom is 0.248 e. The van der Waals surface area contributed by atoms with Gasteiger partial charge >= 0.3 is 0 Å². The van der Waals surface area contributed by atoms with Crippen molar-refractivity contribution in [3.8, 4) is 39.7 Å². The Hall–Kier alpha value is -5.49. The summed E-state index contributed by atoms with van der Waals surface area (Å²) in [5.74, 6) is 1.01. The number of aromatic nitrogens is 5. The molecule has 39 heavy (non-hydrogen) atoms. The first-order valence-corrected chi connectivity index (χ1v) is 12.8. The average Bonchev–Trinajstić information content (AvgIpc) is 3.72. The summed E-state index contributed by atoms with van der Waals surface area (Å²) in [6.07, 6.45) is 2.16. The SMILES string of the molecule is c1ccc(-c2nnc(-c3ccc(-c4ccc5nc6c7ccccc7n(-c7ccccc7)c6n5c4)cc3)o2)cc1. The Kier molecular flexibility index (Phi) is 4.72. The highest BCUT2D eigenvalue weighted by Crippen LogP contribution is 2.34. The van der Waals surface area contributed by atoms with Gasteiger partial charge in [0, 0.05) is 28.4 Å². The maximum absolute atomic E-state index is 5.94. The highest BCUT2D eigenvalue weighted by atomic mass is 16.4. The predicted octanol–water partition coefficient (Wildman–Crippen LogP) is 7.82. The second kappa shape index (κ2) is 8.53. The third-order valence-corrected chi connectivity index (χ3v) is 7.13. The Morgan fingerprint density at radius 2 is 1.15 bits per heavy atom. The zero-order chi connectivity index (χ0) is 25.8. The Balaban J connectivity index is 1.23. The normalized spacial score (nSPS) is 11.6. The van der Waals surface area contributed by atoms with Crippen molar-refractivity contribution in [1.29, 1.82) is 0 Å². The molecule has 0 fully saturated rings. The third-order valence-electron chi connectivity index (χ3n) is 7.13. The molecule has 0 amide bonds. The summed E-state index contributed by atoms with van der Waals surface area (Å²) < 4.78 is 10.4. The van der Waals surface area contributed by atoms with Crippen LogP contribution in [0.4, 0.5) is 0 Å². The first kappa shape index (κ1) is 21.6. The van der Waals surface area contributed by atoms with E-state index in [0.717, 1.165) is 55.7 Å². The fourth-order valence-electron chi connectivity index (χ4n) is 5.26. The number of nitrogens with zero attached hydrogens (tertiary/aromatic N) is 5. The summed E-state index contributed by atoms with van der Waals surface area (Å²) in [7, 11) is 0. The first-order valence-electron chi connectivity index (χ1n) is 12.8. The molecule has 184 valence electrons. The van der Waals surface area contributed by atoms with E-state index in [-0.39, 0.29) is 0 Å². The number of hydrogen-bond acceptors (Lipinski definition) is 4. The fraction of sp³-hybridized carbons (Fsp3) is 0. The zero-order valence-electron chi connectivity index (χ0n) is 20.8. The van der Waals surface area contributed by atoms with Gasteiger partial charge in [-0.15, -0.1) is 10.2 Å². The van der Waals surface area contributed by atoms with E-state index in [1.807, 2.05) is 48.5 Å². The van der Waals surface area contributed by atoms with Gasteiger partial charge in [-0.1, -0.05) is 66.7 Å². The number of para-hydroxylation sites is 2. The van der Waals surface area contributed by atoms with Gasteiger partial charge in [-0.3, -0.25) is 8.97 Å². The van der Waals surface area contributed by atoms with Crippen LogP contribution in [0.1, 0.15) is 0 Å². The molecule has 0 spiro atoms. The van der Waals surface area contributed by atoms with Crippen molar-refractivity contribution in [2.75, 3.05) is 0 Å². The molecular weight excluding hydrogens is 482 g/mol. The van der Waals surface area contributed by atoms with Crippen LogP contribution < -0.4 is 0 Å². The van der Waals surface area contributed by atoms with Crippen LogP contribution >= 0.6 is 0 Å². The van der Waals surface area contributed by atoms with Crippen molar-refractivity contribution >= 4 is 27.7 Å². The van der Waals surface area contributed by atoms with Crippen LogP contribution in [0.25, 0.3) is 67.4 Å². The number of imidazole rings is 1. The summed E-state index contributed by atoms with van der Waals surface area (Å²) in [4.78, 5) is 5.02. The molecule has 0 atom stereocenters. The van der Waals surface area contributed by atoms with Gasteiger partial charge in [0.05, 0.1) is 5.52 Å². The molecule has 4 heterocycles. The Morgan fingerprint density at radius 1 is 0.538 bits per heavy atom. The summed E-state index contributed by atoms with van der Waals surface area (Å²) in [5, 5.41) is 9.62. The van der Waals surface area contributed by atoms with E-state index < -0.39 is 0 Å². The van der Waals surface area contributed by atoms with E-state index in [4.69, 9.17) is 9.40 Å². The summed E-state index contributed by atoms with van der Waals surface area (Å²) in [5.41, 5.74) is 9.16. The quantitative estimate of drug-likeness (QED) is 0.246. The van der Waals surface area contributed by atoms with E-state index in [0.29, 0.717) is 11.8 Å². The lowest BCUT2D eigenvalue weighted by atomic mass is 10.1. The number of benzene rings is 4. The van der Waals surface area contributed by atoms with E-state index >= 15 is 0 Å². The zero-order valence-corrected chi connectivity index (χ0v) is 20.8. The van der Waals surface area contributed by atoms with Crippen molar-refractivity contribution in [1.82, 2.24) is 24.1 Å². The monoisotopic (exact) mass is 503 g/mol. The topological polar surface area (TPSA) is 61.2 Å². The molecule has 6 heteroatoms. The number of rotatable bonds is 4. The van der Waals surface area contributed by atoms with Crippen molar-refractivity contribution in [2.24, 2.45) is 0 Å². The van der Waals surface area contributed by atoms with Gasteiger partial charge in [-0.2, -0.15) is 0 Å². The van der Waals surface area contributed by atoms with E-state index in [2.05, 4.69) is 98.2 Å². The van der Waals surface area contributed by atoms with Gasteiger partial charge < -0.3 is 4.42 Å². The van der Waals surface area contributed by atoms with Gasteiger partial charge in [0.25, 0.3) is 0 Å². The molecule has 8 aromatic rings. The van der Waals surface area contributed by atoms with Crippen LogP contribution in [0.5, 0.6) is 0 Å². The lowest BCUT2D eigenvalue weighted by molar-refractivity contribution is 0.584. The molecule has 4 aromatic heterocycles. The minimum absolute atomic E-state index is 0.500. The Bertz CT molecular complexity index is 2100. The van der Waals surface area contributed by atoms with Gasteiger partial charge in [-0.25, -0.2) is 4.98 Å². The van der Waals surface area contributed by atoms with E-state index in [1.54, 1.807) is 0 Å². The molecule has 8 rings (SSSR count). The van der Waals surface area contributed by atoms with Crippen molar-refractivity contribution in [3.05, 3.63) is 128 Å². The predicted molar refractivity (Wildman–Crippen MR) is 154 cm³/mol. The van der Waals surface area contributed by atoms with E-state index in [9.17, 15) is 0 Å². The smallest absolute Gasteiger partial charge is 0.248 e. The second-order valence-electron chi connectivity index (χ2n) is 9.47. The Labute approximate surface area is 223 Å². The highest BCUT2D eigenvalue weighted by molar-refractivity contribution is 6.07. The van der Waals surface area contributed by atoms with Gasteiger partial charge in [-0.05, 0) is 65.7 Å². The molecule has 6 nitrogen and oxygen atoms in total. The van der Waals surface area contributed by atoms with Crippen LogP contribution in [-0.4, -0.2) is 24.1 Å². The van der Waals surface area contributed by atoms with Crippen molar-refractivity contribution < 1.29 is 4.42 Å². The van der Waals surface area contributed by atoms with Crippen molar-refractivity contribution in [3.63, 3.8) is 0 Å². The first-order chi connectivity index (χ1) is 19.3. The van der Waals surface area contributed by atoms with Crippen LogP contribution in [0.2, 0.25) is 0 Å². The molecule has 0 aliphatic rings. The number of fused-ring (bicyclic) bond motifs is 5. The summed E-state index contributed by atoms with van der Waals surface area (Å²) >= 11 is 0. The molecule has 0 radical (unpaired) electrons. The molecule has 0 unspecified atom stereocenters. The Morgan fingerprint density at radius 3 is 1.92 bits per heavy atom. The number of hydrogen-bond donors (Lipinski definition) is 0. The fourth-order valence-corrected chi connectivity index (χ4v) is 5.26. The molecular formula is C33H21N5O. The third kappa shape index (κ3) is 3.46. The number of pyridine rings is 1. The van der Waals surface area contributed by atoms with Crippen LogP contribution in [0.15, 0.2) is 132 Å². The standard InChI is InChI=1S/C33H21N5O/c1-3-9-23(10-4-1)31-35-36-32(39-31)24-17-15-22(16-18-24)25-19-20-29-34-30-27-13-7-8-14-28(27)38(33(30)37(29)21-25)26-11-5-2-6-12-26/h1-21H. The molecule has 0 aliphatic carbocycles. The molecule has 0 N–H and O–H groups in total. The largest absolute Gasteiger partial charge is 0.416 e. The summed E-state index contributed by atoms with van der Waals surface area (Å²) in [6, 6.07) is 41.1.